The molecule has 0 spiro atoms. The topological polar surface area (TPSA) is 0 Å². The monoisotopic (exact) mass is 304 g/mol. The summed E-state index contributed by atoms with van der Waals surface area (Å²) in [5.41, 5.74) is 0. The Kier molecular flexibility index (Phi) is 180. The fraction of sp³-hybridized carbons (Fsp3) is 0. The molecule has 0 amide bonds. The fourth-order valence-corrected chi connectivity index (χ4v) is 0. The molecule has 0 radical (unpaired) electrons. The van der Waals surface area contributed by atoms with Gasteiger partial charge >= 0.3 is 78.4 Å². The van der Waals surface area contributed by atoms with Crippen LogP contribution in [0.15, 0.2) is 0 Å². The predicted molar refractivity (Wildman–Crippen MR) is 21.5 cm³/mol. The van der Waals surface area contributed by atoms with E-state index >= 15 is 0 Å². The molecule has 0 rings (SSSR count). The Morgan fingerprint density at radius 3 is 1.20 bits per heavy atom. The van der Waals surface area contributed by atoms with E-state index in [1.54, 1.807) is 0 Å². The van der Waals surface area contributed by atoms with Crippen LogP contribution in [0.3, 0.4) is 0 Å². The molecule has 0 atom stereocenters. The van der Waals surface area contributed by atoms with Gasteiger partial charge in [0.25, 0.3) is 0 Å². The second-order valence-electron chi connectivity index (χ2n) is 0. The van der Waals surface area contributed by atoms with Crippen molar-refractivity contribution in [1.82, 2.24) is 0 Å². The van der Waals surface area contributed by atoms with Crippen LogP contribution in [0.2, 0.25) is 0 Å². The third-order valence-corrected chi connectivity index (χ3v) is 0. The van der Waals surface area contributed by atoms with Crippen molar-refractivity contribution in [2.75, 3.05) is 0 Å². The van der Waals surface area contributed by atoms with Crippen molar-refractivity contribution in [1.29, 1.82) is 0 Å². The van der Waals surface area contributed by atoms with Crippen molar-refractivity contribution < 1.29 is 64.7 Å². The van der Waals surface area contributed by atoms with Gasteiger partial charge in [-0.15, -0.1) is 0 Å². The molecule has 0 aromatic heterocycles. The molecule has 0 aromatic rings. The van der Waals surface area contributed by atoms with Crippen LogP contribution in [0.5, 0.6) is 0 Å². The van der Waals surface area contributed by atoms with Crippen molar-refractivity contribution in [2.24, 2.45) is 0 Å². The van der Waals surface area contributed by atoms with E-state index in [2.05, 4.69) is 0 Å². The molecule has 0 fully saturated rings. The maximum Gasteiger partial charge on any atom is 2.00 e. The summed E-state index contributed by atoms with van der Waals surface area (Å²) in [6.07, 6.45) is 0. The van der Waals surface area contributed by atoms with E-state index in [-0.39, 0.29) is 131 Å². The Bertz CT molecular complexity index is 19.2. The normalized spacial score (nSPS) is 0. The average Bonchev–Trinajstić information content (AvgIpc) is 0. The zero-order chi connectivity index (χ0) is 0. The minimum atomic E-state index is 0. The Morgan fingerprint density at radius 2 is 1.20 bits per heavy atom. The van der Waals surface area contributed by atoms with E-state index in [0.717, 1.165) is 0 Å². The first kappa shape index (κ1) is 36.4. The first-order valence-electron chi connectivity index (χ1n) is 0. The van der Waals surface area contributed by atoms with Gasteiger partial charge in [0, 0.05) is 26.2 Å². The number of halogens is 1. The SMILES string of the molecule is F.[AlH3].[Ba+2].[H-].[H-].[H-].[Na+].[Zr]. The zero-order valence-electron chi connectivity index (χ0n) is 5.62. The summed E-state index contributed by atoms with van der Waals surface area (Å²) < 4.78 is 0. The Hall–Kier alpha value is 3.92. The van der Waals surface area contributed by atoms with Crippen molar-refractivity contribution >= 4 is 66.2 Å². The Labute approximate surface area is 128 Å². The molecule has 0 bridgehead atoms. The standard InChI is InChI=1S/Al.Ba.FH.Na.Zr.6H/h;;1H;;;;;;;;/q;+2;;+1;;;;;3*-1. The quantitative estimate of drug-likeness (QED) is 0.400. The molecule has 0 heterocycles. The Balaban J connectivity index is 0. The number of hydrogen-bond acceptors (Lipinski definition) is 0. The molecule has 0 N–H and O–H groups in total. The zero-order valence-corrected chi connectivity index (χ0v) is 11.5. The average molecular weight is 305 g/mol. The van der Waals surface area contributed by atoms with Crippen LogP contribution in [0.4, 0.5) is 4.70 Å². The summed E-state index contributed by atoms with van der Waals surface area (Å²) in [5.74, 6) is 0. The van der Waals surface area contributed by atoms with E-state index in [1.807, 2.05) is 0 Å². The van der Waals surface area contributed by atoms with Gasteiger partial charge < -0.3 is 4.28 Å². The van der Waals surface area contributed by atoms with Crippen molar-refractivity contribution in [3.8, 4) is 0 Å². The molecule has 0 nitrogen and oxygen atoms in total. The van der Waals surface area contributed by atoms with E-state index < -0.39 is 0 Å². The summed E-state index contributed by atoms with van der Waals surface area (Å²) in [6, 6.07) is 0. The van der Waals surface area contributed by atoms with Crippen molar-refractivity contribution in [3.05, 3.63) is 0 Å². The molecule has 0 aliphatic rings. The second kappa shape index (κ2) is 24.7. The van der Waals surface area contributed by atoms with E-state index in [1.165, 1.54) is 0 Å². The van der Waals surface area contributed by atoms with Crippen LogP contribution < -0.4 is 29.6 Å². The molecule has 0 aliphatic carbocycles. The molecule has 24 valence electrons. The van der Waals surface area contributed by atoms with E-state index in [0.29, 0.717) is 0 Å². The molecule has 5 heavy (non-hydrogen) atoms. The van der Waals surface area contributed by atoms with Gasteiger partial charge in [0.15, 0.2) is 17.4 Å². The van der Waals surface area contributed by atoms with Crippen LogP contribution in [0, 0.1) is 0 Å². The number of hydrogen-bond donors (Lipinski definition) is 0. The van der Waals surface area contributed by atoms with E-state index in [4.69, 9.17) is 0 Å². The van der Waals surface area contributed by atoms with Gasteiger partial charge in [-0.1, -0.05) is 0 Å². The van der Waals surface area contributed by atoms with Gasteiger partial charge in [-0.05, 0) is 0 Å². The van der Waals surface area contributed by atoms with Crippen LogP contribution in [0.25, 0.3) is 0 Å². The van der Waals surface area contributed by atoms with Gasteiger partial charge in [0.05, 0.1) is 0 Å². The van der Waals surface area contributed by atoms with Gasteiger partial charge in [-0.25, -0.2) is 0 Å². The van der Waals surface area contributed by atoms with Gasteiger partial charge in [-0.2, -0.15) is 0 Å². The molecule has 0 saturated carbocycles. The summed E-state index contributed by atoms with van der Waals surface area (Å²) in [5, 5.41) is 0. The molecular formula is H7AlBaFNaZr. The molecule has 5 heteroatoms. The molecular weight excluding hydrogens is 298 g/mol. The van der Waals surface area contributed by atoms with Crippen LogP contribution in [-0.2, 0) is 26.2 Å². The summed E-state index contributed by atoms with van der Waals surface area (Å²) in [6.45, 7) is 0. The minimum absolute atomic E-state index is 0. The molecule has 0 saturated heterocycles. The molecule has 0 aromatic carbocycles. The summed E-state index contributed by atoms with van der Waals surface area (Å²) in [4.78, 5) is 0. The minimum Gasteiger partial charge on any atom is -1.00 e. The van der Waals surface area contributed by atoms with Gasteiger partial charge in [0.1, 0.15) is 0 Å². The van der Waals surface area contributed by atoms with Crippen molar-refractivity contribution in [3.63, 3.8) is 0 Å². The maximum atomic E-state index is 0. The second-order valence-corrected chi connectivity index (χ2v) is 0. The first-order chi connectivity index (χ1) is 0. The Morgan fingerprint density at radius 1 is 1.20 bits per heavy atom. The van der Waals surface area contributed by atoms with Crippen molar-refractivity contribution in [2.45, 2.75) is 0 Å². The predicted octanol–water partition coefficient (Wildman–Crippen LogP) is -4.07. The van der Waals surface area contributed by atoms with Crippen LogP contribution in [-0.4, -0.2) is 66.2 Å². The largest absolute Gasteiger partial charge is 2.00 e. The summed E-state index contributed by atoms with van der Waals surface area (Å²) >= 11 is 0. The van der Waals surface area contributed by atoms with Crippen LogP contribution >= 0.6 is 0 Å². The number of rotatable bonds is 0. The third-order valence-electron chi connectivity index (χ3n) is 0. The third kappa shape index (κ3) is 18.1. The van der Waals surface area contributed by atoms with Gasteiger partial charge in [0.2, 0.25) is 0 Å². The first-order valence-corrected chi connectivity index (χ1v) is 0. The van der Waals surface area contributed by atoms with E-state index in [9.17, 15) is 0 Å². The maximum absolute atomic E-state index is 0. The van der Waals surface area contributed by atoms with Gasteiger partial charge in [-0.3, -0.25) is 4.70 Å². The smallest absolute Gasteiger partial charge is 1.00 e. The molecule has 0 unspecified atom stereocenters. The fourth-order valence-electron chi connectivity index (χ4n) is 0. The molecule has 0 aliphatic heterocycles. The van der Waals surface area contributed by atoms with Crippen LogP contribution in [0.1, 0.15) is 4.28 Å². The summed E-state index contributed by atoms with van der Waals surface area (Å²) in [7, 11) is 0.